The van der Waals surface area contributed by atoms with Crippen molar-refractivity contribution in [3.05, 3.63) is 192 Å². The van der Waals surface area contributed by atoms with Crippen LogP contribution >= 0.6 is 0 Å². The fraction of sp³-hybridized carbons (Fsp3) is 0.136. The van der Waals surface area contributed by atoms with Gasteiger partial charge in [0.1, 0.15) is 17.1 Å². The number of nitrogens with zero attached hydrogens (tertiary/aromatic N) is 8. The van der Waals surface area contributed by atoms with E-state index in [-0.39, 0.29) is 0 Å². The average molecular weight is 679 g/mol. The zero-order chi connectivity index (χ0) is 35.2. The molecule has 0 N–H and O–H groups in total. The Morgan fingerprint density at radius 3 is 1.79 bits per heavy atom. The van der Waals surface area contributed by atoms with Crippen molar-refractivity contribution < 1.29 is 0 Å². The van der Waals surface area contributed by atoms with E-state index in [1.165, 1.54) is 5.56 Å². The quantitative estimate of drug-likeness (QED) is 0.120. The molecule has 0 saturated heterocycles. The second-order valence-corrected chi connectivity index (χ2v) is 12.8. The lowest BCUT2D eigenvalue weighted by molar-refractivity contribution is 0.451. The molecule has 3 aromatic heterocycles. The van der Waals surface area contributed by atoms with E-state index in [4.69, 9.17) is 15.3 Å². The molecule has 0 fully saturated rings. The lowest BCUT2D eigenvalue weighted by Gasteiger charge is -2.36. The molecular formula is C44H38N8. The largest absolute Gasteiger partial charge is 0.330 e. The number of hydrogen-bond donors (Lipinski definition) is 0. The van der Waals surface area contributed by atoms with Gasteiger partial charge in [0.25, 0.3) is 0 Å². The van der Waals surface area contributed by atoms with E-state index >= 15 is 0 Å². The van der Waals surface area contributed by atoms with E-state index in [9.17, 15) is 0 Å². The predicted molar refractivity (Wildman–Crippen MR) is 204 cm³/mol. The van der Waals surface area contributed by atoms with Crippen molar-refractivity contribution in [2.24, 2.45) is 0 Å². The number of tetrazole rings is 1. The highest BCUT2D eigenvalue weighted by molar-refractivity contribution is 5.81. The van der Waals surface area contributed by atoms with Gasteiger partial charge < -0.3 is 4.57 Å². The normalized spacial score (nSPS) is 11.5. The minimum Gasteiger partial charge on any atom is -0.330 e. The smallest absolute Gasteiger partial charge is 0.184 e. The van der Waals surface area contributed by atoms with Crippen LogP contribution in [0.3, 0.4) is 0 Å². The van der Waals surface area contributed by atoms with Crippen molar-refractivity contribution in [3.63, 3.8) is 0 Å². The molecule has 0 radical (unpaired) electrons. The maximum Gasteiger partial charge on any atom is 0.184 e. The molecule has 0 spiro atoms. The molecule has 3 heterocycles. The highest BCUT2D eigenvalue weighted by Crippen LogP contribution is 2.43. The first-order valence-corrected chi connectivity index (χ1v) is 17.7. The first-order chi connectivity index (χ1) is 25.8. The number of rotatable bonds is 12. The summed E-state index contributed by atoms with van der Waals surface area (Å²) in [4.78, 5) is 13.8. The van der Waals surface area contributed by atoms with Gasteiger partial charge in [-0.1, -0.05) is 153 Å². The molecule has 5 aromatic carbocycles. The summed E-state index contributed by atoms with van der Waals surface area (Å²) >= 11 is 0. The van der Waals surface area contributed by atoms with Crippen molar-refractivity contribution in [2.45, 2.75) is 38.3 Å². The maximum absolute atomic E-state index is 4.93. The molecule has 0 aliphatic heterocycles. The summed E-state index contributed by atoms with van der Waals surface area (Å²) in [5, 5.41) is 13.8. The average Bonchev–Trinajstić information content (AvgIpc) is 3.87. The Bertz CT molecular complexity index is 2250. The highest BCUT2D eigenvalue weighted by Gasteiger charge is 2.42. The third kappa shape index (κ3) is 6.20. The fourth-order valence-corrected chi connectivity index (χ4v) is 7.07. The molecule has 0 amide bonds. The third-order valence-electron chi connectivity index (χ3n) is 9.56. The van der Waals surface area contributed by atoms with Gasteiger partial charge in [-0.25, -0.2) is 19.6 Å². The van der Waals surface area contributed by atoms with Gasteiger partial charge in [-0.2, -0.15) is 0 Å². The van der Waals surface area contributed by atoms with Crippen LogP contribution in [-0.4, -0.2) is 39.7 Å². The second-order valence-electron chi connectivity index (χ2n) is 12.8. The lowest BCUT2D eigenvalue weighted by Crippen LogP contribution is -2.39. The molecule has 52 heavy (non-hydrogen) atoms. The van der Waals surface area contributed by atoms with Gasteiger partial charge >= 0.3 is 0 Å². The Hall–Kier alpha value is -6.54. The Balaban J connectivity index is 1.20. The van der Waals surface area contributed by atoms with Gasteiger partial charge in [-0.15, -0.1) is 5.10 Å². The number of benzene rings is 5. The van der Waals surface area contributed by atoms with Crippen LogP contribution < -0.4 is 0 Å². The molecule has 0 bridgehead atoms. The van der Waals surface area contributed by atoms with E-state index in [2.05, 4.69) is 148 Å². The molecule has 8 rings (SSSR count). The molecular weight excluding hydrogens is 641 g/mol. The van der Waals surface area contributed by atoms with Crippen molar-refractivity contribution >= 4 is 0 Å². The summed E-state index contributed by atoms with van der Waals surface area (Å²) in [6.07, 6.45) is 8.66. The van der Waals surface area contributed by atoms with Crippen LogP contribution in [0.5, 0.6) is 0 Å². The number of hydrogen-bond acceptors (Lipinski definition) is 6. The monoisotopic (exact) mass is 678 g/mol. The van der Waals surface area contributed by atoms with Crippen molar-refractivity contribution in [3.8, 4) is 34.0 Å². The van der Waals surface area contributed by atoms with E-state index in [1.54, 1.807) is 12.4 Å². The molecule has 254 valence electrons. The minimum absolute atomic E-state index is 0.643. The van der Waals surface area contributed by atoms with Crippen molar-refractivity contribution in [1.82, 2.24) is 39.7 Å². The third-order valence-corrected chi connectivity index (χ3v) is 9.56. The molecule has 0 aliphatic rings. The van der Waals surface area contributed by atoms with Gasteiger partial charge in [0.15, 0.2) is 11.6 Å². The first-order valence-electron chi connectivity index (χ1n) is 17.7. The second kappa shape index (κ2) is 14.7. The van der Waals surface area contributed by atoms with E-state index < -0.39 is 5.54 Å². The zero-order valence-corrected chi connectivity index (χ0v) is 29.0. The van der Waals surface area contributed by atoms with E-state index in [0.29, 0.717) is 18.2 Å². The van der Waals surface area contributed by atoms with Crippen LogP contribution in [0.15, 0.2) is 164 Å². The summed E-state index contributed by atoms with van der Waals surface area (Å²) < 4.78 is 4.22. The Kier molecular flexibility index (Phi) is 9.26. The summed E-state index contributed by atoms with van der Waals surface area (Å²) in [6.45, 7) is 2.90. The standard InChI is InChI=1S/C44H38N8/c1-2-3-24-41-47-40(42-45-29-15-30-46-42)32-51(41)31-33-25-27-34(28-26-33)38-22-13-14-23-39(38)43-48-49-50-52(43)44(35-16-7-4-8-17-35,36-18-9-5-10-19-36)37-20-11-6-12-21-37/h4-23,25-30,32H,2-3,24,31H2,1H3. The molecule has 0 saturated carbocycles. The molecule has 8 nitrogen and oxygen atoms in total. The van der Waals surface area contributed by atoms with Crippen LogP contribution in [0.2, 0.25) is 0 Å². The number of aromatic nitrogens is 8. The van der Waals surface area contributed by atoms with Crippen LogP contribution in [0.4, 0.5) is 0 Å². The van der Waals surface area contributed by atoms with Crippen molar-refractivity contribution in [2.75, 3.05) is 0 Å². The van der Waals surface area contributed by atoms with Gasteiger partial charge in [0.05, 0.1) is 0 Å². The SMILES string of the molecule is CCCCc1nc(-c2ncccn2)cn1Cc1ccc(-c2ccccc2-c2nnnn2C(c2ccccc2)(c2ccccc2)c2ccccc2)cc1. The summed E-state index contributed by atoms with van der Waals surface area (Å²) in [5.74, 6) is 2.36. The fourth-order valence-electron chi connectivity index (χ4n) is 7.07. The van der Waals surface area contributed by atoms with Gasteiger partial charge in [0, 0.05) is 37.1 Å². The molecule has 0 aliphatic carbocycles. The number of aryl methyl sites for hydroxylation is 1. The molecule has 0 atom stereocenters. The van der Waals surface area contributed by atoms with Crippen molar-refractivity contribution in [1.29, 1.82) is 0 Å². The van der Waals surface area contributed by atoms with Gasteiger partial charge in [0.2, 0.25) is 0 Å². The van der Waals surface area contributed by atoms with E-state index in [0.717, 1.165) is 64.2 Å². The van der Waals surface area contributed by atoms with Gasteiger partial charge in [-0.05, 0) is 56.3 Å². The summed E-state index contributed by atoms with van der Waals surface area (Å²) in [7, 11) is 0. The van der Waals surface area contributed by atoms with Crippen LogP contribution in [0.1, 0.15) is 47.8 Å². The maximum atomic E-state index is 4.93. The topological polar surface area (TPSA) is 87.2 Å². The zero-order valence-electron chi connectivity index (χ0n) is 29.0. The summed E-state index contributed by atoms with van der Waals surface area (Å²) in [6, 6.07) is 50.4. The number of unbranched alkanes of at least 4 members (excludes halogenated alkanes) is 1. The number of imidazole rings is 1. The first kappa shape index (κ1) is 32.7. The molecule has 0 unspecified atom stereocenters. The highest BCUT2D eigenvalue weighted by atomic mass is 15.6. The molecule has 8 aromatic rings. The molecule has 8 heteroatoms. The van der Waals surface area contributed by atoms with Crippen LogP contribution in [0.25, 0.3) is 34.0 Å². The van der Waals surface area contributed by atoms with Gasteiger partial charge in [-0.3, -0.25) is 0 Å². The van der Waals surface area contributed by atoms with E-state index in [1.807, 2.05) is 35.0 Å². The Morgan fingerprint density at radius 1 is 0.615 bits per heavy atom. The Labute approximate surface area is 303 Å². The summed E-state index contributed by atoms with van der Waals surface area (Å²) in [5.41, 5.74) is 7.37. The minimum atomic E-state index is -0.844. The van der Waals surface area contributed by atoms with Crippen LogP contribution in [0, 0.1) is 0 Å². The lowest BCUT2D eigenvalue weighted by atomic mass is 9.77. The van der Waals surface area contributed by atoms with Crippen LogP contribution in [-0.2, 0) is 18.5 Å². The predicted octanol–water partition coefficient (Wildman–Crippen LogP) is 8.89. The Morgan fingerprint density at radius 2 is 1.19 bits per heavy atom.